The molecule has 6 nitrogen and oxygen atoms in total. The zero-order chi connectivity index (χ0) is 28.0. The third-order valence-electron chi connectivity index (χ3n) is 7.31. The first-order valence-corrected chi connectivity index (χ1v) is 14.4. The van der Waals surface area contributed by atoms with Gasteiger partial charge in [-0.15, -0.1) is 0 Å². The third-order valence-corrected chi connectivity index (χ3v) is 8.33. The van der Waals surface area contributed by atoms with Crippen molar-refractivity contribution in [2.24, 2.45) is 0 Å². The summed E-state index contributed by atoms with van der Waals surface area (Å²) >= 11 is 1.52. The predicted octanol–water partition coefficient (Wildman–Crippen LogP) is 7.92. The molecule has 0 saturated carbocycles. The third kappa shape index (κ3) is 4.06. The van der Waals surface area contributed by atoms with E-state index in [9.17, 15) is 4.79 Å². The van der Waals surface area contributed by atoms with Crippen LogP contribution in [0.3, 0.4) is 0 Å². The van der Waals surface area contributed by atoms with Crippen molar-refractivity contribution in [1.82, 2.24) is 24.3 Å². The fourth-order valence-electron chi connectivity index (χ4n) is 5.32. The highest BCUT2D eigenvalue weighted by atomic mass is 32.1. The van der Waals surface area contributed by atoms with E-state index < -0.39 is 0 Å². The highest BCUT2D eigenvalue weighted by Crippen LogP contribution is 2.32. The van der Waals surface area contributed by atoms with E-state index in [0.29, 0.717) is 33.3 Å². The monoisotopic (exact) mass is 559 g/mol. The largest absolute Gasteiger partial charge is 0.268 e. The van der Waals surface area contributed by atoms with Crippen LogP contribution >= 0.6 is 11.3 Å². The number of para-hydroxylation sites is 1. The van der Waals surface area contributed by atoms with Gasteiger partial charge in [0, 0.05) is 16.7 Å². The molecule has 198 valence electrons. The van der Waals surface area contributed by atoms with Gasteiger partial charge in [-0.1, -0.05) is 114 Å². The lowest BCUT2D eigenvalue weighted by Crippen LogP contribution is -2.14. The molecule has 5 aromatic carbocycles. The Morgan fingerprint density at radius 3 is 1.81 bits per heavy atom. The topological polar surface area (TPSA) is 73.0 Å². The summed E-state index contributed by atoms with van der Waals surface area (Å²) in [6.07, 6.45) is 0. The molecule has 3 aromatic heterocycles. The van der Waals surface area contributed by atoms with E-state index in [-0.39, 0.29) is 5.56 Å². The Hall–Kier alpha value is -5.53. The number of rotatable bonds is 4. The lowest BCUT2D eigenvalue weighted by molar-refractivity contribution is 1.07. The van der Waals surface area contributed by atoms with Gasteiger partial charge in [-0.25, -0.2) is 19.9 Å². The lowest BCUT2D eigenvalue weighted by Gasteiger charge is -2.11. The zero-order valence-electron chi connectivity index (χ0n) is 22.2. The van der Waals surface area contributed by atoms with Gasteiger partial charge < -0.3 is 0 Å². The van der Waals surface area contributed by atoms with Crippen molar-refractivity contribution in [2.75, 3.05) is 0 Å². The average molecular weight is 560 g/mol. The van der Waals surface area contributed by atoms with Gasteiger partial charge in [-0.2, -0.15) is 0 Å². The second-order valence-corrected chi connectivity index (χ2v) is 10.9. The molecule has 0 atom stereocenters. The summed E-state index contributed by atoms with van der Waals surface area (Å²) in [5.41, 5.74) is 5.82. The molecule has 0 spiro atoms. The van der Waals surface area contributed by atoms with Crippen molar-refractivity contribution in [2.45, 2.75) is 0 Å². The molecule has 0 saturated heterocycles. The van der Waals surface area contributed by atoms with Crippen molar-refractivity contribution < 1.29 is 0 Å². The summed E-state index contributed by atoms with van der Waals surface area (Å²) in [6, 6.07) is 41.6. The summed E-state index contributed by atoms with van der Waals surface area (Å²) < 4.78 is 2.75. The molecule has 3 heterocycles. The van der Waals surface area contributed by atoms with E-state index in [1.165, 1.54) is 11.3 Å². The van der Waals surface area contributed by atoms with Crippen molar-refractivity contribution in [1.29, 1.82) is 0 Å². The fraction of sp³-hybridized carbons (Fsp3) is 0. The number of benzene rings is 5. The minimum Gasteiger partial charge on any atom is -0.268 e. The van der Waals surface area contributed by atoms with Gasteiger partial charge in [0.05, 0.1) is 21.1 Å². The van der Waals surface area contributed by atoms with Crippen LogP contribution < -0.4 is 5.56 Å². The molecule has 0 aliphatic heterocycles. The maximum absolute atomic E-state index is 14.0. The molecule has 7 heteroatoms. The highest BCUT2D eigenvalue weighted by Gasteiger charge is 2.17. The van der Waals surface area contributed by atoms with Gasteiger partial charge in [0.2, 0.25) is 0 Å². The molecule has 0 bridgehead atoms. The molecule has 0 fully saturated rings. The van der Waals surface area contributed by atoms with Gasteiger partial charge in [0.1, 0.15) is 0 Å². The molecular weight excluding hydrogens is 538 g/mol. The molecule has 42 heavy (non-hydrogen) atoms. The first-order chi connectivity index (χ1) is 20.7. The lowest BCUT2D eigenvalue weighted by atomic mass is 9.99. The Kier molecular flexibility index (Phi) is 5.68. The Bertz CT molecular complexity index is 2270. The van der Waals surface area contributed by atoms with Crippen LogP contribution in [0, 0.1) is 0 Å². The number of aromatic nitrogens is 5. The Morgan fingerprint density at radius 1 is 0.524 bits per heavy atom. The smallest absolute Gasteiger partial charge is 0.267 e. The van der Waals surface area contributed by atoms with E-state index >= 15 is 0 Å². The number of fused-ring (bicyclic) bond motifs is 4. The molecule has 0 aliphatic carbocycles. The molecule has 0 radical (unpaired) electrons. The van der Waals surface area contributed by atoms with Gasteiger partial charge in [0.15, 0.2) is 22.4 Å². The zero-order valence-corrected chi connectivity index (χ0v) is 23.0. The van der Waals surface area contributed by atoms with E-state index in [4.69, 9.17) is 19.9 Å². The number of nitrogens with zero attached hydrogens (tertiary/aromatic N) is 5. The first-order valence-electron chi connectivity index (χ1n) is 13.5. The van der Waals surface area contributed by atoms with E-state index in [1.54, 1.807) is 4.40 Å². The molecule has 8 rings (SSSR count). The standard InChI is InChI=1S/C35H21N5OS/c41-34-30-26(17-10-18-27(30)36-35-40(34)28-19-7-8-20-29(28)42-35)24-15-9-16-25(21-24)33-38-31(22-11-3-1-4-12-22)37-32(39-33)23-13-5-2-6-14-23/h1-21H. The number of hydrogen-bond donors (Lipinski definition) is 0. The summed E-state index contributed by atoms with van der Waals surface area (Å²) in [5, 5.41) is 0.585. The van der Waals surface area contributed by atoms with E-state index in [2.05, 4.69) is 0 Å². The molecule has 8 aromatic rings. The summed E-state index contributed by atoms with van der Waals surface area (Å²) in [7, 11) is 0. The van der Waals surface area contributed by atoms with Crippen LogP contribution in [0.25, 0.3) is 71.4 Å². The minimum absolute atomic E-state index is 0.0775. The summed E-state index contributed by atoms with van der Waals surface area (Å²) in [6.45, 7) is 0. The van der Waals surface area contributed by atoms with Crippen LogP contribution in [0.15, 0.2) is 132 Å². The Balaban J connectivity index is 1.33. The Labute approximate surface area is 244 Å². The fourth-order valence-corrected chi connectivity index (χ4v) is 6.35. The van der Waals surface area contributed by atoms with Crippen LogP contribution in [0.1, 0.15) is 0 Å². The van der Waals surface area contributed by atoms with Gasteiger partial charge in [0.25, 0.3) is 5.56 Å². The quantitative estimate of drug-likeness (QED) is 0.219. The van der Waals surface area contributed by atoms with Gasteiger partial charge in [-0.3, -0.25) is 9.20 Å². The van der Waals surface area contributed by atoms with Crippen molar-refractivity contribution in [3.05, 3.63) is 138 Å². The molecule has 0 unspecified atom stereocenters. The van der Waals surface area contributed by atoms with Crippen molar-refractivity contribution >= 4 is 37.4 Å². The second kappa shape index (κ2) is 9.83. The molecule has 0 N–H and O–H groups in total. The first kappa shape index (κ1) is 24.3. The summed E-state index contributed by atoms with van der Waals surface area (Å²) in [5.74, 6) is 1.76. The highest BCUT2D eigenvalue weighted by molar-refractivity contribution is 7.23. The summed E-state index contributed by atoms with van der Waals surface area (Å²) in [4.78, 5) is 34.2. The van der Waals surface area contributed by atoms with Crippen LogP contribution in [0.2, 0.25) is 0 Å². The van der Waals surface area contributed by atoms with Crippen molar-refractivity contribution in [3.8, 4) is 45.3 Å². The van der Waals surface area contributed by atoms with Crippen LogP contribution in [-0.4, -0.2) is 24.3 Å². The maximum Gasteiger partial charge on any atom is 0.267 e. The Morgan fingerprint density at radius 2 is 1.10 bits per heavy atom. The van der Waals surface area contributed by atoms with Crippen LogP contribution in [-0.2, 0) is 0 Å². The normalized spacial score (nSPS) is 11.4. The van der Waals surface area contributed by atoms with Gasteiger partial charge in [-0.05, 0) is 35.4 Å². The number of hydrogen-bond acceptors (Lipinski definition) is 6. The predicted molar refractivity (Wildman–Crippen MR) is 169 cm³/mol. The molecular formula is C35H21N5OS. The van der Waals surface area contributed by atoms with Crippen molar-refractivity contribution in [3.63, 3.8) is 0 Å². The van der Waals surface area contributed by atoms with E-state index in [1.807, 2.05) is 127 Å². The van der Waals surface area contributed by atoms with Crippen LogP contribution in [0.5, 0.6) is 0 Å². The molecule has 0 aliphatic rings. The van der Waals surface area contributed by atoms with E-state index in [0.717, 1.165) is 38.0 Å². The second-order valence-electron chi connectivity index (χ2n) is 9.92. The average Bonchev–Trinajstić information content (AvgIpc) is 3.44. The van der Waals surface area contributed by atoms with Gasteiger partial charge >= 0.3 is 0 Å². The van der Waals surface area contributed by atoms with Crippen LogP contribution in [0.4, 0.5) is 0 Å². The minimum atomic E-state index is -0.0775. The SMILES string of the molecule is O=c1c2c(-c3cccc(-c4nc(-c5ccccc5)nc(-c5ccccc5)n4)c3)cccc2nc2sc3ccccc3n12. The number of thiazole rings is 1. The molecule has 0 amide bonds. The maximum atomic E-state index is 14.0.